The molecule has 3 aromatic rings. The molecule has 23 heavy (non-hydrogen) atoms. The minimum absolute atomic E-state index is 0.0190. The molecular weight excluding hydrogens is 313 g/mol. The largest absolute Gasteiger partial charge is 0.488 e. The van der Waals surface area contributed by atoms with Crippen molar-refractivity contribution < 1.29 is 13.9 Å². The number of carbonyl (C=O) groups is 1. The van der Waals surface area contributed by atoms with Gasteiger partial charge in [0, 0.05) is 10.6 Å². The van der Waals surface area contributed by atoms with E-state index in [0.29, 0.717) is 18.0 Å². The van der Waals surface area contributed by atoms with E-state index in [9.17, 15) is 9.18 Å². The first-order valence-corrected chi connectivity index (χ1v) is 7.91. The molecule has 1 aromatic heterocycles. The molecule has 1 amide bonds. The molecule has 3 nitrogen and oxygen atoms in total. The third kappa shape index (κ3) is 3.96. The highest BCUT2D eigenvalue weighted by Gasteiger charge is 2.10. The van der Waals surface area contributed by atoms with E-state index in [2.05, 4.69) is 5.32 Å². The lowest BCUT2D eigenvalue weighted by Crippen LogP contribution is -2.13. The smallest absolute Gasteiger partial charge is 0.258 e. The molecule has 0 bridgehead atoms. The van der Waals surface area contributed by atoms with Gasteiger partial charge in [0.05, 0.1) is 5.56 Å². The van der Waals surface area contributed by atoms with Gasteiger partial charge in [0.15, 0.2) is 0 Å². The molecule has 0 aliphatic rings. The first-order valence-electron chi connectivity index (χ1n) is 7.03. The van der Waals surface area contributed by atoms with E-state index < -0.39 is 11.7 Å². The zero-order valence-corrected chi connectivity index (χ0v) is 13.0. The molecule has 5 heteroatoms. The fourth-order valence-electron chi connectivity index (χ4n) is 2.03. The average Bonchev–Trinajstić information content (AvgIpc) is 3.08. The van der Waals surface area contributed by atoms with Crippen molar-refractivity contribution in [1.82, 2.24) is 0 Å². The van der Waals surface area contributed by atoms with Gasteiger partial charge in [0.1, 0.15) is 18.2 Å². The maximum Gasteiger partial charge on any atom is 0.258 e. The molecule has 0 spiro atoms. The Morgan fingerprint density at radius 1 is 1.04 bits per heavy atom. The van der Waals surface area contributed by atoms with Crippen molar-refractivity contribution in [3.05, 3.63) is 82.3 Å². The minimum atomic E-state index is -0.541. The standard InChI is InChI=1S/C18H14FNO2S/c19-17-6-2-1-5-16(17)18(21)20-13-7-9-14(10-8-13)22-12-15-4-3-11-23-15/h1-11H,12H2,(H,20,21). The topological polar surface area (TPSA) is 38.3 Å². The number of thiophene rings is 1. The SMILES string of the molecule is O=C(Nc1ccc(OCc2cccs2)cc1)c1ccccc1F. The summed E-state index contributed by atoms with van der Waals surface area (Å²) in [6, 6.07) is 16.9. The molecule has 0 saturated heterocycles. The van der Waals surface area contributed by atoms with Gasteiger partial charge in [-0.2, -0.15) is 0 Å². The molecule has 2 aromatic carbocycles. The number of benzene rings is 2. The van der Waals surface area contributed by atoms with E-state index in [1.54, 1.807) is 47.7 Å². The van der Waals surface area contributed by atoms with Crippen LogP contribution >= 0.6 is 11.3 Å². The van der Waals surface area contributed by atoms with Crippen LogP contribution < -0.4 is 10.1 Å². The van der Waals surface area contributed by atoms with Crippen LogP contribution in [0.15, 0.2) is 66.0 Å². The summed E-state index contributed by atoms with van der Waals surface area (Å²) in [4.78, 5) is 13.2. The first-order chi connectivity index (χ1) is 11.2. The van der Waals surface area contributed by atoms with Crippen LogP contribution in [0.1, 0.15) is 15.2 Å². The van der Waals surface area contributed by atoms with Crippen LogP contribution in [0.3, 0.4) is 0 Å². The molecule has 116 valence electrons. The molecule has 0 radical (unpaired) electrons. The molecule has 1 heterocycles. The Morgan fingerprint density at radius 3 is 2.52 bits per heavy atom. The number of rotatable bonds is 5. The predicted octanol–water partition coefficient (Wildman–Crippen LogP) is 4.72. The second-order valence-corrected chi connectivity index (χ2v) is 5.86. The summed E-state index contributed by atoms with van der Waals surface area (Å²) in [5.74, 6) is -0.307. The van der Waals surface area contributed by atoms with Gasteiger partial charge in [-0.15, -0.1) is 11.3 Å². The third-order valence-corrected chi connectivity index (χ3v) is 4.04. The van der Waals surface area contributed by atoms with Crippen molar-refractivity contribution in [1.29, 1.82) is 0 Å². The number of halogens is 1. The zero-order valence-electron chi connectivity index (χ0n) is 12.2. The van der Waals surface area contributed by atoms with Crippen molar-refractivity contribution in [2.24, 2.45) is 0 Å². The van der Waals surface area contributed by atoms with Crippen LogP contribution in [0.25, 0.3) is 0 Å². The maximum atomic E-state index is 13.6. The normalized spacial score (nSPS) is 10.3. The summed E-state index contributed by atoms with van der Waals surface area (Å²) >= 11 is 1.64. The highest BCUT2D eigenvalue weighted by atomic mass is 32.1. The Bertz CT molecular complexity index is 785. The number of carbonyl (C=O) groups excluding carboxylic acids is 1. The van der Waals surface area contributed by atoms with E-state index >= 15 is 0 Å². The molecular formula is C18H14FNO2S. The van der Waals surface area contributed by atoms with Crippen molar-refractivity contribution in [3.63, 3.8) is 0 Å². The van der Waals surface area contributed by atoms with Crippen molar-refractivity contribution in [2.45, 2.75) is 6.61 Å². The summed E-state index contributed by atoms with van der Waals surface area (Å²) in [6.07, 6.45) is 0. The van der Waals surface area contributed by atoms with E-state index in [-0.39, 0.29) is 5.56 Å². The van der Waals surface area contributed by atoms with Gasteiger partial charge in [-0.1, -0.05) is 18.2 Å². The minimum Gasteiger partial charge on any atom is -0.488 e. The van der Waals surface area contributed by atoms with Crippen molar-refractivity contribution in [3.8, 4) is 5.75 Å². The summed E-state index contributed by atoms with van der Waals surface area (Å²) in [5.41, 5.74) is 0.604. The summed E-state index contributed by atoms with van der Waals surface area (Å²) in [7, 11) is 0. The molecule has 0 atom stereocenters. The molecule has 1 N–H and O–H groups in total. The highest BCUT2D eigenvalue weighted by Crippen LogP contribution is 2.19. The number of ether oxygens (including phenoxy) is 1. The van der Waals surface area contributed by atoms with Gasteiger partial charge >= 0.3 is 0 Å². The molecule has 3 rings (SSSR count). The van der Waals surface area contributed by atoms with Gasteiger partial charge < -0.3 is 10.1 Å². The molecule has 0 aliphatic carbocycles. The van der Waals surface area contributed by atoms with Gasteiger partial charge in [-0.3, -0.25) is 4.79 Å². The number of hydrogen-bond acceptors (Lipinski definition) is 3. The van der Waals surface area contributed by atoms with E-state index in [1.165, 1.54) is 12.1 Å². The monoisotopic (exact) mass is 327 g/mol. The second-order valence-electron chi connectivity index (χ2n) is 4.83. The van der Waals surface area contributed by atoms with Crippen LogP contribution in [0.2, 0.25) is 0 Å². The van der Waals surface area contributed by atoms with E-state index in [1.807, 2.05) is 17.5 Å². The van der Waals surface area contributed by atoms with Crippen molar-refractivity contribution in [2.75, 3.05) is 5.32 Å². The molecule has 0 aliphatic heterocycles. The van der Waals surface area contributed by atoms with Gasteiger partial charge in [-0.25, -0.2) is 4.39 Å². The second kappa shape index (κ2) is 7.07. The number of nitrogens with one attached hydrogen (secondary N) is 1. The first kappa shape index (κ1) is 15.2. The van der Waals surface area contributed by atoms with Crippen LogP contribution in [0, 0.1) is 5.82 Å². The predicted molar refractivity (Wildman–Crippen MR) is 89.4 cm³/mol. The quantitative estimate of drug-likeness (QED) is 0.736. The number of anilines is 1. The summed E-state index contributed by atoms with van der Waals surface area (Å²) in [6.45, 7) is 0.512. The van der Waals surface area contributed by atoms with Crippen LogP contribution in [-0.4, -0.2) is 5.91 Å². The van der Waals surface area contributed by atoms with Crippen LogP contribution in [-0.2, 0) is 6.61 Å². The maximum absolute atomic E-state index is 13.6. The lowest BCUT2D eigenvalue weighted by Gasteiger charge is -2.08. The lowest BCUT2D eigenvalue weighted by atomic mass is 10.2. The Kier molecular flexibility index (Phi) is 4.68. The zero-order chi connectivity index (χ0) is 16.1. The van der Waals surface area contributed by atoms with Crippen molar-refractivity contribution >= 4 is 22.9 Å². The summed E-state index contributed by atoms with van der Waals surface area (Å²) in [5, 5.41) is 4.66. The average molecular weight is 327 g/mol. The number of hydrogen-bond donors (Lipinski definition) is 1. The molecule has 0 fully saturated rings. The summed E-state index contributed by atoms with van der Waals surface area (Å²) < 4.78 is 19.2. The number of amides is 1. The van der Waals surface area contributed by atoms with Gasteiger partial charge in [0.25, 0.3) is 5.91 Å². The fraction of sp³-hybridized carbons (Fsp3) is 0.0556. The lowest BCUT2D eigenvalue weighted by molar-refractivity contribution is 0.102. The van der Waals surface area contributed by atoms with E-state index in [4.69, 9.17) is 4.74 Å². The Balaban J connectivity index is 1.61. The van der Waals surface area contributed by atoms with E-state index in [0.717, 1.165) is 4.88 Å². The Hall–Kier alpha value is -2.66. The Morgan fingerprint density at radius 2 is 1.83 bits per heavy atom. The Labute approximate surface area is 137 Å². The highest BCUT2D eigenvalue weighted by molar-refractivity contribution is 7.09. The fourth-order valence-corrected chi connectivity index (χ4v) is 2.64. The van der Waals surface area contributed by atoms with Crippen LogP contribution in [0.4, 0.5) is 10.1 Å². The molecule has 0 unspecified atom stereocenters. The van der Waals surface area contributed by atoms with Gasteiger partial charge in [-0.05, 0) is 47.8 Å². The third-order valence-electron chi connectivity index (χ3n) is 3.19. The molecule has 0 saturated carbocycles. The van der Waals surface area contributed by atoms with Gasteiger partial charge in [0.2, 0.25) is 0 Å². The van der Waals surface area contributed by atoms with Crippen LogP contribution in [0.5, 0.6) is 5.75 Å².